The van der Waals surface area contributed by atoms with Crippen LogP contribution in [-0.4, -0.2) is 34.9 Å². The summed E-state index contributed by atoms with van der Waals surface area (Å²) in [6.45, 7) is 6.15. The van der Waals surface area contributed by atoms with Crippen LogP contribution in [0.25, 0.3) is 0 Å². The van der Waals surface area contributed by atoms with Crippen molar-refractivity contribution in [3.05, 3.63) is 35.9 Å². The van der Waals surface area contributed by atoms with Crippen LogP contribution in [-0.2, 0) is 23.8 Å². The van der Waals surface area contributed by atoms with Gasteiger partial charge in [-0.1, -0.05) is 30.3 Å². The molecule has 7 nitrogen and oxygen atoms in total. The maximum Gasteiger partial charge on any atom is 0.509 e. The molecule has 2 atom stereocenters. The summed E-state index contributed by atoms with van der Waals surface area (Å²) in [5.41, 5.74) is -0.447. The Morgan fingerprint density at radius 2 is 1.61 bits per heavy atom. The highest BCUT2D eigenvalue weighted by Gasteiger charge is 2.31. The number of benzene rings is 1. The second kappa shape index (κ2) is 7.62. The number of ether oxygens (including phenoxy) is 3. The van der Waals surface area contributed by atoms with Gasteiger partial charge in [-0.15, -0.1) is 0 Å². The van der Waals surface area contributed by atoms with Gasteiger partial charge >= 0.3 is 18.1 Å². The minimum Gasteiger partial charge on any atom is -0.479 e. The first-order valence-electron chi connectivity index (χ1n) is 6.98. The lowest BCUT2D eigenvalue weighted by atomic mass is 10.1. The SMILES string of the molecule is CC(OC(=O)C(OC(=O)OC(C)(C)C)c1ccccc1)C(=O)O. The zero-order chi connectivity index (χ0) is 17.6. The van der Waals surface area contributed by atoms with Crippen molar-refractivity contribution in [3.63, 3.8) is 0 Å². The largest absolute Gasteiger partial charge is 0.509 e. The van der Waals surface area contributed by atoms with E-state index >= 15 is 0 Å². The topological polar surface area (TPSA) is 99.1 Å². The summed E-state index contributed by atoms with van der Waals surface area (Å²) in [5.74, 6) is -2.29. The van der Waals surface area contributed by atoms with Crippen LogP contribution in [0.1, 0.15) is 39.4 Å². The Hall–Kier alpha value is -2.57. The van der Waals surface area contributed by atoms with Crippen molar-refractivity contribution in [1.29, 1.82) is 0 Å². The summed E-state index contributed by atoms with van der Waals surface area (Å²) < 4.78 is 14.8. The average molecular weight is 324 g/mol. The van der Waals surface area contributed by atoms with Crippen molar-refractivity contribution >= 4 is 18.1 Å². The number of hydrogen-bond donors (Lipinski definition) is 1. The maximum absolute atomic E-state index is 12.1. The van der Waals surface area contributed by atoms with Crippen LogP contribution in [0.15, 0.2) is 30.3 Å². The van der Waals surface area contributed by atoms with Crippen molar-refractivity contribution in [1.82, 2.24) is 0 Å². The van der Waals surface area contributed by atoms with E-state index in [0.29, 0.717) is 5.56 Å². The minimum absolute atomic E-state index is 0.348. The zero-order valence-electron chi connectivity index (χ0n) is 13.4. The molecule has 7 heteroatoms. The van der Waals surface area contributed by atoms with Crippen LogP contribution < -0.4 is 0 Å². The molecule has 1 aromatic carbocycles. The van der Waals surface area contributed by atoms with E-state index in [1.165, 1.54) is 6.92 Å². The Morgan fingerprint density at radius 1 is 1.04 bits per heavy atom. The predicted octanol–water partition coefficient (Wildman–Crippen LogP) is 2.70. The summed E-state index contributed by atoms with van der Waals surface area (Å²) in [7, 11) is 0. The van der Waals surface area contributed by atoms with Gasteiger partial charge in [0.25, 0.3) is 0 Å². The molecule has 0 saturated carbocycles. The van der Waals surface area contributed by atoms with Crippen molar-refractivity contribution < 1.29 is 33.7 Å². The summed E-state index contributed by atoms with van der Waals surface area (Å²) >= 11 is 0. The minimum atomic E-state index is -1.41. The molecule has 0 aliphatic carbocycles. The van der Waals surface area contributed by atoms with Gasteiger partial charge in [-0.3, -0.25) is 0 Å². The lowest BCUT2D eigenvalue weighted by Crippen LogP contribution is -2.31. The van der Waals surface area contributed by atoms with Crippen LogP contribution in [0, 0.1) is 0 Å². The van der Waals surface area contributed by atoms with Crippen molar-refractivity contribution in [2.45, 2.75) is 45.5 Å². The van der Waals surface area contributed by atoms with Gasteiger partial charge in [0.1, 0.15) is 5.60 Å². The van der Waals surface area contributed by atoms with Gasteiger partial charge in [0.05, 0.1) is 0 Å². The Kier molecular flexibility index (Phi) is 6.12. The number of esters is 1. The van der Waals surface area contributed by atoms with Crippen molar-refractivity contribution in [3.8, 4) is 0 Å². The summed E-state index contributed by atoms with van der Waals surface area (Å²) in [6.07, 6.45) is -3.82. The molecule has 2 unspecified atom stereocenters. The monoisotopic (exact) mass is 324 g/mol. The Balaban J connectivity index is 2.92. The highest BCUT2D eigenvalue weighted by Crippen LogP contribution is 2.22. The number of carbonyl (C=O) groups excluding carboxylic acids is 2. The van der Waals surface area contributed by atoms with Gasteiger partial charge in [-0.25, -0.2) is 14.4 Å². The highest BCUT2D eigenvalue weighted by atomic mass is 16.7. The molecule has 0 spiro atoms. The van der Waals surface area contributed by atoms with Gasteiger partial charge in [0, 0.05) is 5.56 Å². The van der Waals surface area contributed by atoms with E-state index in [9.17, 15) is 14.4 Å². The lowest BCUT2D eigenvalue weighted by molar-refractivity contribution is -0.170. The molecule has 23 heavy (non-hydrogen) atoms. The number of carboxylic acids is 1. The summed E-state index contributed by atoms with van der Waals surface area (Å²) in [4.78, 5) is 34.7. The molecule has 1 N–H and O–H groups in total. The molecule has 0 aromatic heterocycles. The second-order valence-electron chi connectivity index (χ2n) is 5.79. The van der Waals surface area contributed by atoms with E-state index in [-0.39, 0.29) is 0 Å². The Bertz CT molecular complexity index is 560. The second-order valence-corrected chi connectivity index (χ2v) is 5.79. The third-order valence-electron chi connectivity index (χ3n) is 2.56. The molecular weight excluding hydrogens is 304 g/mol. The Morgan fingerprint density at radius 3 is 2.09 bits per heavy atom. The summed E-state index contributed by atoms with van der Waals surface area (Å²) in [6, 6.07) is 8.13. The number of rotatable bonds is 5. The molecule has 0 heterocycles. The van der Waals surface area contributed by atoms with Crippen LogP contribution >= 0.6 is 0 Å². The fourth-order valence-electron chi connectivity index (χ4n) is 1.54. The molecule has 1 rings (SSSR count). The van der Waals surface area contributed by atoms with E-state index < -0.39 is 35.9 Å². The van der Waals surface area contributed by atoms with Gasteiger partial charge in [0.15, 0.2) is 6.10 Å². The number of carbonyl (C=O) groups is 3. The fraction of sp³-hybridized carbons (Fsp3) is 0.438. The molecule has 0 aliphatic rings. The van der Waals surface area contributed by atoms with E-state index in [0.717, 1.165) is 0 Å². The van der Waals surface area contributed by atoms with E-state index in [1.54, 1.807) is 51.1 Å². The van der Waals surface area contributed by atoms with E-state index in [1.807, 2.05) is 0 Å². The highest BCUT2D eigenvalue weighted by molar-refractivity contribution is 5.82. The molecule has 0 amide bonds. The van der Waals surface area contributed by atoms with E-state index in [4.69, 9.17) is 19.3 Å². The standard InChI is InChI=1S/C16H20O7/c1-10(13(17)18)21-14(19)12(11-8-6-5-7-9-11)22-15(20)23-16(2,3)4/h5-10,12H,1-4H3,(H,17,18). The molecular formula is C16H20O7. The van der Waals surface area contributed by atoms with Gasteiger partial charge in [0.2, 0.25) is 6.10 Å². The van der Waals surface area contributed by atoms with Crippen molar-refractivity contribution in [2.75, 3.05) is 0 Å². The van der Waals surface area contributed by atoms with E-state index in [2.05, 4.69) is 0 Å². The zero-order valence-corrected chi connectivity index (χ0v) is 13.4. The predicted molar refractivity (Wildman–Crippen MR) is 79.7 cm³/mol. The van der Waals surface area contributed by atoms with Gasteiger partial charge in [-0.2, -0.15) is 0 Å². The average Bonchev–Trinajstić information content (AvgIpc) is 2.43. The number of aliphatic carboxylic acids is 1. The van der Waals surface area contributed by atoms with Crippen molar-refractivity contribution in [2.24, 2.45) is 0 Å². The normalized spacial score (nSPS) is 13.6. The molecule has 126 valence electrons. The van der Waals surface area contributed by atoms with Gasteiger partial charge in [-0.05, 0) is 27.7 Å². The molecule has 0 aliphatic heterocycles. The Labute approximate surface area is 134 Å². The fourth-order valence-corrected chi connectivity index (χ4v) is 1.54. The first kappa shape index (κ1) is 18.5. The molecule has 0 radical (unpaired) electrons. The summed E-state index contributed by atoms with van der Waals surface area (Å²) in [5, 5.41) is 8.81. The smallest absolute Gasteiger partial charge is 0.479 e. The molecule has 0 bridgehead atoms. The lowest BCUT2D eigenvalue weighted by Gasteiger charge is -2.22. The third kappa shape index (κ3) is 6.37. The van der Waals surface area contributed by atoms with Crippen LogP contribution in [0.4, 0.5) is 4.79 Å². The third-order valence-corrected chi connectivity index (χ3v) is 2.56. The number of carboxylic acid groups (broad SMARTS) is 1. The first-order chi connectivity index (χ1) is 10.6. The first-order valence-corrected chi connectivity index (χ1v) is 6.98. The van der Waals surface area contributed by atoms with Crippen LogP contribution in [0.3, 0.4) is 0 Å². The molecule has 1 aromatic rings. The molecule has 0 saturated heterocycles. The van der Waals surface area contributed by atoms with Gasteiger partial charge < -0.3 is 19.3 Å². The quantitative estimate of drug-likeness (QED) is 0.831. The maximum atomic E-state index is 12.1. The number of hydrogen-bond acceptors (Lipinski definition) is 6. The molecule has 0 fully saturated rings. The van der Waals surface area contributed by atoms with Crippen LogP contribution in [0.2, 0.25) is 0 Å². The van der Waals surface area contributed by atoms with Crippen LogP contribution in [0.5, 0.6) is 0 Å².